The topological polar surface area (TPSA) is 60.7 Å². The molecule has 1 aromatic rings. The Morgan fingerprint density at radius 1 is 1.29 bits per heavy atom. The number of hydrogen-bond acceptors (Lipinski definition) is 3. The van der Waals surface area contributed by atoms with Crippen molar-refractivity contribution in [3.05, 3.63) is 23.2 Å². The van der Waals surface area contributed by atoms with Gasteiger partial charge in [0.1, 0.15) is 0 Å². The Morgan fingerprint density at radius 3 is 2.86 bits per heavy atom. The number of benzene rings is 1. The third-order valence-corrected chi connectivity index (χ3v) is 6.03. The number of hydrogen-bond donors (Lipinski definition) is 3. The molecular formula is C18H24O3. The second kappa shape index (κ2) is 4.39. The van der Waals surface area contributed by atoms with Gasteiger partial charge in [0.05, 0.1) is 10.2 Å². The molecule has 0 saturated heterocycles. The fourth-order valence-corrected chi connectivity index (χ4v) is 4.80. The summed E-state index contributed by atoms with van der Waals surface area (Å²) in [5, 5.41) is 30.6. The molecule has 0 spiro atoms. The summed E-state index contributed by atoms with van der Waals surface area (Å²) < 4.78 is 41.1. The summed E-state index contributed by atoms with van der Waals surface area (Å²) >= 11 is 0. The van der Waals surface area contributed by atoms with Crippen molar-refractivity contribution in [1.82, 2.24) is 0 Å². The Morgan fingerprint density at radius 2 is 2.05 bits per heavy atom. The van der Waals surface area contributed by atoms with Crippen LogP contribution in [-0.2, 0) is 6.42 Å². The van der Waals surface area contributed by atoms with Gasteiger partial charge in [0.2, 0.25) is 0 Å². The Hall–Kier alpha value is -1.22. The molecule has 3 heteroatoms. The van der Waals surface area contributed by atoms with E-state index in [0.717, 1.165) is 0 Å². The van der Waals surface area contributed by atoms with E-state index in [1.807, 2.05) is 0 Å². The van der Waals surface area contributed by atoms with Gasteiger partial charge < -0.3 is 15.3 Å². The summed E-state index contributed by atoms with van der Waals surface area (Å²) in [6.07, 6.45) is -1.89. The Kier molecular flexibility index (Phi) is 1.89. The smallest absolute Gasteiger partial charge is 0.157 e. The summed E-state index contributed by atoms with van der Waals surface area (Å²) in [6, 6.07) is -0.270. The van der Waals surface area contributed by atoms with Crippen LogP contribution in [0.15, 0.2) is 12.1 Å². The first-order chi connectivity index (χ1) is 11.9. The SMILES string of the molecule is [2H]c1c(O)c(O)c([2H])c2c1CC[C@@H]1[C@@H]2CC[C@@]2(C)[C@H]1CC([2H])([2H])[C@]2([2H])O. The van der Waals surface area contributed by atoms with Crippen LogP contribution in [0.2, 0.25) is 0 Å². The molecule has 1 aromatic carbocycles. The molecular weight excluding hydrogens is 264 g/mol. The van der Waals surface area contributed by atoms with Crippen LogP contribution >= 0.6 is 0 Å². The van der Waals surface area contributed by atoms with E-state index in [2.05, 4.69) is 0 Å². The summed E-state index contributed by atoms with van der Waals surface area (Å²) in [5.74, 6) is -1.45. The maximum Gasteiger partial charge on any atom is 0.157 e. The van der Waals surface area contributed by atoms with Crippen LogP contribution in [0, 0.1) is 17.3 Å². The van der Waals surface area contributed by atoms with Gasteiger partial charge in [-0.1, -0.05) is 6.92 Å². The monoisotopic (exact) mass is 293 g/mol. The van der Waals surface area contributed by atoms with E-state index in [1.165, 1.54) is 0 Å². The van der Waals surface area contributed by atoms with Crippen LogP contribution in [0.25, 0.3) is 0 Å². The molecule has 0 aliphatic heterocycles. The van der Waals surface area contributed by atoms with Crippen molar-refractivity contribution in [2.24, 2.45) is 17.3 Å². The maximum absolute atomic E-state index is 10.7. The van der Waals surface area contributed by atoms with Crippen molar-refractivity contribution >= 4 is 0 Å². The number of phenols is 2. The quantitative estimate of drug-likeness (QED) is 0.643. The minimum absolute atomic E-state index is 0.0110. The lowest BCUT2D eigenvalue weighted by Gasteiger charge is -2.50. The van der Waals surface area contributed by atoms with E-state index < -0.39 is 29.4 Å². The number of aliphatic hydroxyl groups is 1. The van der Waals surface area contributed by atoms with Gasteiger partial charge in [-0.3, -0.25) is 0 Å². The van der Waals surface area contributed by atoms with E-state index in [4.69, 9.17) is 6.85 Å². The van der Waals surface area contributed by atoms with E-state index >= 15 is 0 Å². The molecule has 0 amide bonds. The molecule has 4 rings (SSSR count). The Balaban J connectivity index is 1.83. The van der Waals surface area contributed by atoms with Gasteiger partial charge in [0.15, 0.2) is 11.5 Å². The minimum atomic E-state index is -2.16. The molecule has 0 bridgehead atoms. The first kappa shape index (κ1) is 9.04. The largest absolute Gasteiger partial charge is 0.504 e. The maximum atomic E-state index is 10.7. The van der Waals surface area contributed by atoms with Crippen molar-refractivity contribution in [2.75, 3.05) is 0 Å². The Labute approximate surface area is 132 Å². The van der Waals surface area contributed by atoms with Crippen LogP contribution < -0.4 is 0 Å². The van der Waals surface area contributed by atoms with Crippen molar-refractivity contribution in [2.45, 2.75) is 57.4 Å². The van der Waals surface area contributed by atoms with Crippen LogP contribution in [0.4, 0.5) is 0 Å². The lowest BCUT2D eigenvalue weighted by Crippen LogP contribution is -2.43. The van der Waals surface area contributed by atoms with Gasteiger partial charge in [-0.2, -0.15) is 0 Å². The normalized spacial score (nSPS) is 50.6. The zero-order chi connectivity index (χ0) is 19.2. The third-order valence-electron chi connectivity index (χ3n) is 6.03. The second-order valence-corrected chi connectivity index (χ2v) is 6.94. The molecule has 2 fully saturated rings. The average molecular weight is 293 g/mol. The van der Waals surface area contributed by atoms with E-state index in [9.17, 15) is 15.3 Å². The molecule has 114 valence electrons. The van der Waals surface area contributed by atoms with Crippen molar-refractivity contribution in [3.8, 4) is 11.5 Å². The van der Waals surface area contributed by atoms with Crippen LogP contribution in [-0.4, -0.2) is 21.4 Å². The number of aromatic hydroxyl groups is 2. The van der Waals surface area contributed by atoms with Gasteiger partial charge in [0, 0.05) is 2.74 Å². The molecule has 0 unspecified atom stereocenters. The molecule has 2 saturated carbocycles. The highest BCUT2D eigenvalue weighted by Gasteiger charge is 2.54. The Bertz CT molecular complexity index is 794. The zero-order valence-corrected chi connectivity index (χ0v) is 12.1. The highest BCUT2D eigenvalue weighted by molar-refractivity contribution is 5.48. The first-order valence-corrected chi connectivity index (χ1v) is 7.70. The van der Waals surface area contributed by atoms with Gasteiger partial charge >= 0.3 is 0 Å². The molecule has 0 aromatic heterocycles. The molecule has 21 heavy (non-hydrogen) atoms. The van der Waals surface area contributed by atoms with Crippen LogP contribution in [0.3, 0.4) is 0 Å². The number of phenolic OH excluding ortho intramolecular Hbond substituents is 2. The van der Waals surface area contributed by atoms with E-state index in [1.54, 1.807) is 6.92 Å². The summed E-state index contributed by atoms with van der Waals surface area (Å²) in [5.41, 5.74) is 0.321. The fraction of sp³-hybridized carbons (Fsp3) is 0.667. The molecule has 3 aliphatic rings. The van der Waals surface area contributed by atoms with Gasteiger partial charge in [0.25, 0.3) is 0 Å². The predicted molar refractivity (Wildman–Crippen MR) is 80.4 cm³/mol. The van der Waals surface area contributed by atoms with Crippen molar-refractivity contribution in [1.29, 1.82) is 0 Å². The molecule has 3 nitrogen and oxygen atoms in total. The highest BCUT2D eigenvalue weighted by Crippen LogP contribution is 2.61. The van der Waals surface area contributed by atoms with Crippen LogP contribution in [0.5, 0.6) is 11.5 Å². The highest BCUT2D eigenvalue weighted by atomic mass is 16.3. The molecule has 3 N–H and O–H groups in total. The molecule has 0 heterocycles. The lowest BCUT2D eigenvalue weighted by atomic mass is 9.55. The van der Waals surface area contributed by atoms with Gasteiger partial charge in [-0.15, -0.1) is 0 Å². The predicted octanol–water partition coefficient (Wildman–Crippen LogP) is 3.31. The van der Waals surface area contributed by atoms with E-state index in [-0.39, 0.29) is 36.3 Å². The van der Waals surface area contributed by atoms with Crippen molar-refractivity contribution < 1.29 is 22.2 Å². The van der Waals surface area contributed by atoms with Crippen molar-refractivity contribution in [3.63, 3.8) is 0 Å². The fourth-order valence-electron chi connectivity index (χ4n) is 4.80. The summed E-state index contributed by atoms with van der Waals surface area (Å²) in [7, 11) is 0. The number of fused-ring (bicyclic) bond motifs is 5. The zero-order valence-electron chi connectivity index (χ0n) is 17.1. The summed E-state index contributed by atoms with van der Waals surface area (Å²) in [6.45, 7) is 1.80. The number of rotatable bonds is 0. The second-order valence-electron chi connectivity index (χ2n) is 6.94. The van der Waals surface area contributed by atoms with E-state index in [0.29, 0.717) is 36.8 Å². The standard InChI is InChI=1S/C18H24O3/c1-18-7-6-11-12(14(18)4-5-17(18)21)3-2-10-8-15(19)16(20)9-13(10)11/h8-9,11-12,14,17,19-21H,2-7H2,1H3/t11-,12+,14-,17-,18-/m0/s1/i5D2,8D,9D,17D. The molecule has 0 radical (unpaired) electrons. The first-order valence-electron chi connectivity index (χ1n) is 10.2. The minimum Gasteiger partial charge on any atom is -0.504 e. The molecule has 5 atom stereocenters. The lowest BCUT2D eigenvalue weighted by molar-refractivity contribution is -0.0226. The average Bonchev–Trinajstić information content (AvgIpc) is 2.73. The van der Waals surface area contributed by atoms with Crippen LogP contribution in [0.1, 0.15) is 62.9 Å². The molecule has 3 aliphatic carbocycles. The van der Waals surface area contributed by atoms with Gasteiger partial charge in [-0.05, 0) is 84.9 Å². The van der Waals surface area contributed by atoms with Gasteiger partial charge in [-0.25, -0.2) is 0 Å². The summed E-state index contributed by atoms with van der Waals surface area (Å²) in [4.78, 5) is 0. The third kappa shape index (κ3) is 1.76.